The highest BCUT2D eigenvalue weighted by atomic mass is 35.5. The number of carbonyl (C=O) groups is 2. The third-order valence-electron chi connectivity index (χ3n) is 5.52. The smallest absolute Gasteiger partial charge is 0.224 e. The highest BCUT2D eigenvalue weighted by Crippen LogP contribution is 2.42. The standard InChI is InChI=1S/C23H35ClN2O3/c1-21(2)15-26(12-11-18(21)16-7-9-17(24)10-8-16)20(28)14-22(3,4)25-19(27)13-23(5,6)29/h7-10,18,29H,11-15H2,1-6H3,(H,25,27). The molecule has 2 amide bonds. The maximum absolute atomic E-state index is 13.0. The molecule has 1 heterocycles. The molecule has 2 rings (SSSR count). The molecule has 5 nitrogen and oxygen atoms in total. The second-order valence-electron chi connectivity index (χ2n) is 10.3. The van der Waals surface area contributed by atoms with Crippen molar-refractivity contribution < 1.29 is 14.7 Å². The lowest BCUT2D eigenvalue weighted by atomic mass is 9.70. The Hall–Kier alpha value is -1.59. The fourth-order valence-electron chi connectivity index (χ4n) is 4.23. The van der Waals surface area contributed by atoms with Crippen molar-refractivity contribution >= 4 is 23.4 Å². The van der Waals surface area contributed by atoms with Gasteiger partial charge in [-0.2, -0.15) is 0 Å². The van der Waals surface area contributed by atoms with Gasteiger partial charge in [0.1, 0.15) is 0 Å². The van der Waals surface area contributed by atoms with Crippen molar-refractivity contribution in [3.63, 3.8) is 0 Å². The Bertz CT molecular complexity index is 735. The normalized spacial score (nSPS) is 19.7. The van der Waals surface area contributed by atoms with E-state index in [2.05, 4.69) is 31.3 Å². The molecule has 2 N–H and O–H groups in total. The number of piperidine rings is 1. The Kier molecular flexibility index (Phi) is 7.06. The van der Waals surface area contributed by atoms with Gasteiger partial charge in [0.25, 0.3) is 0 Å². The van der Waals surface area contributed by atoms with Gasteiger partial charge in [0.05, 0.1) is 12.0 Å². The first-order valence-corrected chi connectivity index (χ1v) is 10.6. The Morgan fingerprint density at radius 1 is 1.17 bits per heavy atom. The van der Waals surface area contributed by atoms with E-state index in [0.717, 1.165) is 11.4 Å². The number of nitrogens with one attached hydrogen (secondary N) is 1. The Balaban J connectivity index is 1.98. The molecule has 6 heteroatoms. The summed E-state index contributed by atoms with van der Waals surface area (Å²) < 4.78 is 0. The minimum atomic E-state index is -1.07. The zero-order valence-corrected chi connectivity index (χ0v) is 19.3. The van der Waals surface area contributed by atoms with Crippen LogP contribution in [0.2, 0.25) is 5.02 Å². The SMILES string of the molecule is CC(C)(O)CC(=O)NC(C)(C)CC(=O)N1CCC(c2ccc(Cl)cc2)C(C)(C)C1. The average molecular weight is 423 g/mol. The summed E-state index contributed by atoms with van der Waals surface area (Å²) in [7, 11) is 0. The zero-order chi connectivity index (χ0) is 22.0. The van der Waals surface area contributed by atoms with Gasteiger partial charge in [-0.3, -0.25) is 9.59 Å². The predicted molar refractivity (Wildman–Crippen MR) is 117 cm³/mol. The quantitative estimate of drug-likeness (QED) is 0.724. The molecule has 0 aromatic heterocycles. The van der Waals surface area contributed by atoms with Crippen molar-refractivity contribution in [3.05, 3.63) is 34.9 Å². The maximum atomic E-state index is 13.0. The van der Waals surface area contributed by atoms with Gasteiger partial charge in [-0.25, -0.2) is 0 Å². The van der Waals surface area contributed by atoms with Crippen molar-refractivity contribution in [2.24, 2.45) is 5.41 Å². The largest absolute Gasteiger partial charge is 0.390 e. The molecule has 1 aromatic rings. The summed E-state index contributed by atoms with van der Waals surface area (Å²) in [6.45, 7) is 12.6. The van der Waals surface area contributed by atoms with E-state index >= 15 is 0 Å². The Morgan fingerprint density at radius 3 is 2.28 bits per heavy atom. The van der Waals surface area contributed by atoms with Gasteiger partial charge in [-0.15, -0.1) is 0 Å². The number of benzene rings is 1. The number of hydrogen-bond donors (Lipinski definition) is 2. The minimum absolute atomic E-state index is 0.00411. The van der Waals surface area contributed by atoms with Crippen LogP contribution in [0.15, 0.2) is 24.3 Å². The molecule has 0 bridgehead atoms. The lowest BCUT2D eigenvalue weighted by molar-refractivity contribution is -0.136. The van der Waals surface area contributed by atoms with Gasteiger partial charge in [-0.05, 0) is 63.1 Å². The van der Waals surface area contributed by atoms with Crippen LogP contribution in [0.3, 0.4) is 0 Å². The number of carbonyl (C=O) groups excluding carboxylic acids is 2. The summed E-state index contributed by atoms with van der Waals surface area (Å²) in [6.07, 6.45) is 1.13. The van der Waals surface area contributed by atoms with Crippen LogP contribution in [0.4, 0.5) is 0 Å². The molecule has 1 saturated heterocycles. The molecule has 162 valence electrons. The molecule has 1 unspecified atom stereocenters. The van der Waals surface area contributed by atoms with Gasteiger partial charge in [0, 0.05) is 30.1 Å². The fraction of sp³-hybridized carbons (Fsp3) is 0.652. The second kappa shape index (κ2) is 8.65. The number of hydrogen-bond acceptors (Lipinski definition) is 3. The first-order valence-electron chi connectivity index (χ1n) is 10.3. The molecule has 1 aliphatic rings. The van der Waals surface area contributed by atoms with E-state index in [1.54, 1.807) is 13.8 Å². The van der Waals surface area contributed by atoms with Gasteiger partial charge in [0.15, 0.2) is 0 Å². The predicted octanol–water partition coefficient (Wildman–Crippen LogP) is 4.13. The molecule has 0 aliphatic carbocycles. The third-order valence-corrected chi connectivity index (χ3v) is 5.77. The lowest BCUT2D eigenvalue weighted by Gasteiger charge is -2.45. The highest BCUT2D eigenvalue weighted by Gasteiger charge is 2.39. The van der Waals surface area contributed by atoms with Crippen LogP contribution in [-0.2, 0) is 9.59 Å². The van der Waals surface area contributed by atoms with Crippen LogP contribution in [0.5, 0.6) is 0 Å². The van der Waals surface area contributed by atoms with Crippen molar-refractivity contribution in [1.29, 1.82) is 0 Å². The molecule has 29 heavy (non-hydrogen) atoms. The molecular weight excluding hydrogens is 388 g/mol. The number of nitrogens with zero attached hydrogens (tertiary/aromatic N) is 1. The van der Waals surface area contributed by atoms with Crippen molar-refractivity contribution in [2.75, 3.05) is 13.1 Å². The lowest BCUT2D eigenvalue weighted by Crippen LogP contribution is -2.52. The zero-order valence-electron chi connectivity index (χ0n) is 18.5. The summed E-state index contributed by atoms with van der Waals surface area (Å²) in [5, 5.41) is 13.4. The van der Waals surface area contributed by atoms with Crippen molar-refractivity contribution in [1.82, 2.24) is 10.2 Å². The van der Waals surface area contributed by atoms with Crippen LogP contribution >= 0.6 is 11.6 Å². The van der Waals surface area contributed by atoms with Crippen LogP contribution in [0.1, 0.15) is 72.3 Å². The summed E-state index contributed by atoms with van der Waals surface area (Å²) in [4.78, 5) is 27.0. The molecule has 1 fully saturated rings. The molecule has 1 aromatic carbocycles. The number of aliphatic hydroxyl groups is 1. The van der Waals surface area contributed by atoms with Crippen LogP contribution < -0.4 is 5.32 Å². The number of amides is 2. The number of likely N-dealkylation sites (tertiary alicyclic amines) is 1. The molecule has 0 radical (unpaired) electrons. The minimum Gasteiger partial charge on any atom is -0.390 e. The van der Waals surface area contributed by atoms with Crippen LogP contribution in [0.25, 0.3) is 0 Å². The molecule has 1 atom stereocenters. The molecule has 0 saturated carbocycles. The van der Waals surface area contributed by atoms with E-state index in [9.17, 15) is 14.7 Å². The molecule has 1 aliphatic heterocycles. The van der Waals surface area contributed by atoms with Crippen LogP contribution in [0, 0.1) is 5.41 Å². The van der Waals surface area contributed by atoms with Gasteiger partial charge in [-0.1, -0.05) is 37.6 Å². The van der Waals surface area contributed by atoms with E-state index in [-0.39, 0.29) is 30.1 Å². The van der Waals surface area contributed by atoms with Crippen molar-refractivity contribution in [2.45, 2.75) is 77.9 Å². The van der Waals surface area contributed by atoms with Gasteiger partial charge >= 0.3 is 0 Å². The summed E-state index contributed by atoms with van der Waals surface area (Å²) >= 11 is 6.02. The Morgan fingerprint density at radius 2 is 1.76 bits per heavy atom. The van der Waals surface area contributed by atoms with E-state index in [4.69, 9.17) is 11.6 Å². The first-order chi connectivity index (χ1) is 13.2. The second-order valence-corrected chi connectivity index (χ2v) is 10.7. The summed E-state index contributed by atoms with van der Waals surface area (Å²) in [5.74, 6) is 0.154. The summed E-state index contributed by atoms with van der Waals surface area (Å²) in [5.41, 5.74) is -0.546. The molecule has 0 spiro atoms. The van der Waals surface area contributed by atoms with E-state index in [0.29, 0.717) is 19.0 Å². The average Bonchev–Trinajstić information content (AvgIpc) is 2.52. The van der Waals surface area contributed by atoms with Gasteiger partial charge < -0.3 is 15.3 Å². The highest BCUT2D eigenvalue weighted by molar-refractivity contribution is 6.30. The third kappa shape index (κ3) is 7.00. The fourth-order valence-corrected chi connectivity index (χ4v) is 4.36. The van der Waals surface area contributed by atoms with E-state index in [1.165, 1.54) is 5.56 Å². The maximum Gasteiger partial charge on any atom is 0.224 e. The number of rotatable bonds is 6. The monoisotopic (exact) mass is 422 g/mol. The van der Waals surface area contributed by atoms with E-state index in [1.807, 2.05) is 30.9 Å². The van der Waals surface area contributed by atoms with E-state index < -0.39 is 11.1 Å². The summed E-state index contributed by atoms with van der Waals surface area (Å²) in [6, 6.07) is 7.99. The molecular formula is C23H35ClN2O3. The number of halogens is 1. The van der Waals surface area contributed by atoms with Crippen molar-refractivity contribution in [3.8, 4) is 0 Å². The van der Waals surface area contributed by atoms with Crippen LogP contribution in [-0.4, -0.2) is 46.1 Å². The van der Waals surface area contributed by atoms with Gasteiger partial charge in [0.2, 0.25) is 11.8 Å². The Labute approximate surface area is 179 Å². The first kappa shape index (κ1) is 23.7. The topological polar surface area (TPSA) is 69.6 Å².